The number of nitro benzene ring substituents is 1. The molecule has 0 N–H and O–H groups in total. The molecular weight excluding hydrogens is 394 g/mol. The highest BCUT2D eigenvalue weighted by Gasteiger charge is 2.57. The van der Waals surface area contributed by atoms with E-state index in [-0.39, 0.29) is 16.7 Å². The van der Waals surface area contributed by atoms with Crippen molar-refractivity contribution in [3.8, 4) is 0 Å². The van der Waals surface area contributed by atoms with Crippen molar-refractivity contribution in [2.75, 3.05) is 31.3 Å². The van der Waals surface area contributed by atoms with Crippen LogP contribution in [0.15, 0.2) is 70.5 Å². The van der Waals surface area contributed by atoms with E-state index in [0.717, 1.165) is 43.6 Å². The van der Waals surface area contributed by atoms with Gasteiger partial charge in [0.1, 0.15) is 6.04 Å². The van der Waals surface area contributed by atoms with Crippen molar-refractivity contribution in [1.82, 2.24) is 4.90 Å². The first-order valence-electron chi connectivity index (χ1n) is 10.7. The summed E-state index contributed by atoms with van der Waals surface area (Å²) in [6, 6.07) is 17.0. The molecule has 5 rings (SSSR count). The topological polar surface area (TPSA) is 83.6 Å². The van der Waals surface area contributed by atoms with Gasteiger partial charge in [-0.3, -0.25) is 15.0 Å². The molecule has 0 spiro atoms. The van der Waals surface area contributed by atoms with Crippen molar-refractivity contribution in [3.05, 3.63) is 75.8 Å². The maximum absolute atomic E-state index is 11.1. The Hall–Kier alpha value is -3.10. The van der Waals surface area contributed by atoms with Gasteiger partial charge in [-0.2, -0.15) is 5.11 Å². The summed E-state index contributed by atoms with van der Waals surface area (Å²) >= 11 is 0. The molecule has 2 atom stereocenters. The minimum atomic E-state index is -0.520. The molecule has 8 heteroatoms. The zero-order valence-electron chi connectivity index (χ0n) is 17.3. The van der Waals surface area contributed by atoms with Crippen LogP contribution in [0.25, 0.3) is 6.08 Å². The number of hydrogen-bond donors (Lipinski definition) is 0. The Morgan fingerprint density at radius 3 is 2.55 bits per heavy atom. The molecule has 160 valence electrons. The maximum atomic E-state index is 11.1. The van der Waals surface area contributed by atoms with Gasteiger partial charge in [-0.05, 0) is 42.5 Å². The van der Waals surface area contributed by atoms with Crippen LogP contribution in [0.1, 0.15) is 24.8 Å². The Kier molecular flexibility index (Phi) is 5.25. The van der Waals surface area contributed by atoms with Gasteiger partial charge in [-0.25, -0.2) is 5.01 Å². The predicted molar refractivity (Wildman–Crippen MR) is 118 cm³/mol. The van der Waals surface area contributed by atoms with E-state index in [9.17, 15) is 10.1 Å². The van der Waals surface area contributed by atoms with Gasteiger partial charge in [0.25, 0.3) is 5.69 Å². The van der Waals surface area contributed by atoms with Crippen LogP contribution in [0.2, 0.25) is 0 Å². The highest BCUT2D eigenvalue weighted by atomic mass is 16.6. The average molecular weight is 419 g/mol. The zero-order valence-corrected chi connectivity index (χ0v) is 17.3. The second-order valence-corrected chi connectivity index (χ2v) is 8.10. The summed E-state index contributed by atoms with van der Waals surface area (Å²) in [6.45, 7) is 2.91. The Morgan fingerprint density at radius 1 is 1.10 bits per heavy atom. The van der Waals surface area contributed by atoms with Crippen LogP contribution in [0.5, 0.6) is 0 Å². The van der Waals surface area contributed by atoms with Gasteiger partial charge in [-0.15, -0.1) is 0 Å². The Labute approximate surface area is 180 Å². The second kappa shape index (κ2) is 8.20. The molecule has 3 aliphatic rings. The fourth-order valence-corrected chi connectivity index (χ4v) is 5.03. The highest BCUT2D eigenvalue weighted by Crippen LogP contribution is 2.49. The summed E-state index contributed by atoms with van der Waals surface area (Å²) in [7, 11) is 0. The van der Waals surface area contributed by atoms with Gasteiger partial charge in [0.15, 0.2) is 5.66 Å². The predicted octanol–water partition coefficient (Wildman–Crippen LogP) is 4.45. The normalized spacial score (nSPS) is 27.4. The van der Waals surface area contributed by atoms with E-state index in [1.54, 1.807) is 12.1 Å². The van der Waals surface area contributed by atoms with Crippen LogP contribution in [-0.2, 0) is 4.74 Å². The summed E-state index contributed by atoms with van der Waals surface area (Å²) in [5.41, 5.74) is 2.79. The Morgan fingerprint density at radius 2 is 1.84 bits per heavy atom. The number of benzene rings is 2. The molecule has 2 aliphatic heterocycles. The first kappa shape index (κ1) is 19.8. The molecule has 1 saturated carbocycles. The van der Waals surface area contributed by atoms with E-state index in [0.29, 0.717) is 13.2 Å². The summed E-state index contributed by atoms with van der Waals surface area (Å²) in [5.74, 6) is 0. The van der Waals surface area contributed by atoms with Gasteiger partial charge in [0, 0.05) is 25.2 Å². The second-order valence-electron chi connectivity index (χ2n) is 8.10. The number of rotatable bonds is 4. The summed E-state index contributed by atoms with van der Waals surface area (Å²) in [4.78, 5) is 13.2. The molecule has 2 fully saturated rings. The summed E-state index contributed by atoms with van der Waals surface area (Å²) in [5, 5.41) is 22.5. The fourth-order valence-electron chi connectivity index (χ4n) is 5.03. The number of anilines is 1. The highest BCUT2D eigenvalue weighted by molar-refractivity contribution is 5.63. The van der Waals surface area contributed by atoms with Gasteiger partial charge >= 0.3 is 0 Å². The van der Waals surface area contributed by atoms with E-state index in [1.807, 2.05) is 23.2 Å². The molecule has 31 heavy (non-hydrogen) atoms. The van der Waals surface area contributed by atoms with Crippen LogP contribution in [0.3, 0.4) is 0 Å². The van der Waals surface area contributed by atoms with Crippen LogP contribution in [0, 0.1) is 10.1 Å². The molecular formula is C23H25N5O3. The first-order chi connectivity index (χ1) is 15.2. The third kappa shape index (κ3) is 3.41. The van der Waals surface area contributed by atoms with Gasteiger partial charge < -0.3 is 4.74 Å². The lowest BCUT2D eigenvalue weighted by atomic mass is 9.77. The molecule has 0 radical (unpaired) electrons. The SMILES string of the molecule is O=[N+]([O-])c1ccc(N2N=NC3CCCC(=Cc4ccccc4)C32N2CCOCC2)cc1. The van der Waals surface area contributed by atoms with Crippen molar-refractivity contribution in [2.24, 2.45) is 10.3 Å². The number of fused-ring (bicyclic) bond motifs is 1. The molecule has 1 saturated heterocycles. The van der Waals surface area contributed by atoms with Gasteiger partial charge in [0.05, 0.1) is 23.8 Å². The standard InChI is InChI=1S/C23H25N5O3/c29-28(30)21-11-9-20(10-12-21)27-23(26-13-15-31-16-14-26)19(7-4-8-22(23)24-25-27)17-18-5-2-1-3-6-18/h1-3,5-6,9-12,17,22H,4,7-8,13-16H2. The molecule has 0 aromatic heterocycles. The van der Waals surface area contributed by atoms with Crippen molar-refractivity contribution in [1.29, 1.82) is 0 Å². The number of nitro groups is 1. The number of nitrogens with zero attached hydrogens (tertiary/aromatic N) is 5. The molecule has 2 unspecified atom stereocenters. The average Bonchev–Trinajstić information content (AvgIpc) is 3.22. The lowest BCUT2D eigenvalue weighted by Gasteiger charge is -2.52. The minimum Gasteiger partial charge on any atom is -0.379 e. The van der Waals surface area contributed by atoms with E-state index in [1.165, 1.54) is 17.7 Å². The quantitative estimate of drug-likeness (QED) is 0.540. The first-order valence-corrected chi connectivity index (χ1v) is 10.7. The van der Waals surface area contributed by atoms with E-state index < -0.39 is 5.66 Å². The number of non-ortho nitro benzene ring substituents is 1. The summed E-state index contributed by atoms with van der Waals surface area (Å²) < 4.78 is 5.66. The zero-order chi connectivity index (χ0) is 21.3. The fraction of sp³-hybridized carbons (Fsp3) is 0.391. The van der Waals surface area contributed by atoms with Crippen molar-refractivity contribution >= 4 is 17.5 Å². The third-order valence-electron chi connectivity index (χ3n) is 6.40. The maximum Gasteiger partial charge on any atom is 0.269 e. The molecule has 0 bridgehead atoms. The van der Waals surface area contributed by atoms with Crippen molar-refractivity contribution in [3.63, 3.8) is 0 Å². The monoisotopic (exact) mass is 419 g/mol. The summed E-state index contributed by atoms with van der Waals surface area (Å²) in [6.07, 6.45) is 5.24. The number of ether oxygens (including phenoxy) is 1. The van der Waals surface area contributed by atoms with E-state index >= 15 is 0 Å². The Balaban J connectivity index is 1.64. The molecule has 2 heterocycles. The van der Waals surface area contributed by atoms with Crippen LogP contribution in [-0.4, -0.2) is 47.8 Å². The molecule has 1 aliphatic carbocycles. The Bertz CT molecular complexity index is 1000. The van der Waals surface area contributed by atoms with Gasteiger partial charge in [-0.1, -0.05) is 41.6 Å². The van der Waals surface area contributed by atoms with E-state index in [2.05, 4.69) is 28.3 Å². The number of morpholine rings is 1. The van der Waals surface area contributed by atoms with E-state index in [4.69, 9.17) is 9.85 Å². The lowest BCUT2D eigenvalue weighted by molar-refractivity contribution is -0.384. The minimum absolute atomic E-state index is 0.00417. The van der Waals surface area contributed by atoms with Crippen LogP contribution in [0.4, 0.5) is 11.4 Å². The van der Waals surface area contributed by atoms with Crippen molar-refractivity contribution in [2.45, 2.75) is 31.0 Å². The number of hydrogen-bond acceptors (Lipinski definition) is 7. The largest absolute Gasteiger partial charge is 0.379 e. The van der Waals surface area contributed by atoms with Crippen LogP contribution >= 0.6 is 0 Å². The van der Waals surface area contributed by atoms with Gasteiger partial charge in [0.2, 0.25) is 0 Å². The molecule has 0 amide bonds. The molecule has 2 aromatic rings. The van der Waals surface area contributed by atoms with Crippen molar-refractivity contribution < 1.29 is 9.66 Å². The smallest absolute Gasteiger partial charge is 0.269 e. The molecule has 2 aromatic carbocycles. The third-order valence-corrected chi connectivity index (χ3v) is 6.40. The molecule has 8 nitrogen and oxygen atoms in total. The lowest BCUT2D eigenvalue weighted by Crippen LogP contribution is -2.67. The van der Waals surface area contributed by atoms with Crippen LogP contribution < -0.4 is 5.01 Å².